The highest BCUT2D eigenvalue weighted by molar-refractivity contribution is 4.63. The largest absolute Gasteiger partial charge is 0.395 e. The minimum atomic E-state index is 0.0477. The van der Waals surface area contributed by atoms with Crippen molar-refractivity contribution in [2.45, 2.75) is 12.5 Å². The monoisotopic (exact) mass is 162 g/mol. The molecule has 0 amide bonds. The van der Waals surface area contributed by atoms with Crippen LogP contribution in [-0.2, 0) is 4.74 Å². The molecule has 1 atom stereocenters. The fourth-order valence-electron chi connectivity index (χ4n) is 0.786. The molecule has 0 aliphatic heterocycles. The van der Waals surface area contributed by atoms with E-state index in [0.29, 0.717) is 13.2 Å². The summed E-state index contributed by atoms with van der Waals surface area (Å²) in [5.74, 6) is 0. The van der Waals surface area contributed by atoms with Crippen molar-refractivity contribution in [3.63, 3.8) is 0 Å². The lowest BCUT2D eigenvalue weighted by Gasteiger charge is -2.14. The predicted molar refractivity (Wildman–Crippen MR) is 44.4 cm³/mol. The van der Waals surface area contributed by atoms with Crippen LogP contribution in [0.25, 0.3) is 0 Å². The van der Waals surface area contributed by atoms with E-state index in [1.54, 1.807) is 7.11 Å². The van der Waals surface area contributed by atoms with Crippen molar-refractivity contribution < 1.29 is 9.84 Å². The molecular weight excluding hydrogens is 144 g/mol. The fraction of sp³-hybridized carbons (Fsp3) is 1.00. The molecule has 11 heavy (non-hydrogen) atoms. The van der Waals surface area contributed by atoms with Crippen LogP contribution in [0.4, 0.5) is 0 Å². The molecule has 4 N–H and O–H groups in total. The van der Waals surface area contributed by atoms with Gasteiger partial charge in [-0.25, -0.2) is 0 Å². The second-order valence-electron chi connectivity index (χ2n) is 2.43. The molecule has 0 aromatic heterocycles. The second kappa shape index (κ2) is 7.94. The van der Waals surface area contributed by atoms with Crippen LogP contribution in [-0.4, -0.2) is 44.6 Å². The summed E-state index contributed by atoms with van der Waals surface area (Å²) in [6.07, 6.45) is 0.931. The van der Waals surface area contributed by atoms with Crippen LogP contribution >= 0.6 is 0 Å². The van der Waals surface area contributed by atoms with Gasteiger partial charge in [0.15, 0.2) is 0 Å². The van der Waals surface area contributed by atoms with Crippen molar-refractivity contribution in [1.29, 1.82) is 0 Å². The van der Waals surface area contributed by atoms with Gasteiger partial charge < -0.3 is 20.9 Å². The number of hydrogen-bond acceptors (Lipinski definition) is 4. The molecule has 0 bridgehead atoms. The fourth-order valence-corrected chi connectivity index (χ4v) is 0.786. The third-order valence-electron chi connectivity index (χ3n) is 1.40. The van der Waals surface area contributed by atoms with Crippen molar-refractivity contribution in [3.05, 3.63) is 0 Å². The Morgan fingerprint density at radius 3 is 2.82 bits per heavy atom. The van der Waals surface area contributed by atoms with Crippen LogP contribution in [0.5, 0.6) is 0 Å². The van der Waals surface area contributed by atoms with Crippen LogP contribution in [0, 0.1) is 0 Å². The third kappa shape index (κ3) is 6.25. The standard InChI is InChI=1S/C7H18N2O2/c1-11-6-7(5-10)9-4-2-3-8/h7,9-10H,2-6,8H2,1H3. The van der Waals surface area contributed by atoms with Gasteiger partial charge in [0.2, 0.25) is 0 Å². The summed E-state index contributed by atoms with van der Waals surface area (Å²) in [6.45, 7) is 2.17. The summed E-state index contributed by atoms with van der Waals surface area (Å²) in [6, 6.07) is 0.0477. The van der Waals surface area contributed by atoms with E-state index in [1.807, 2.05) is 0 Å². The predicted octanol–water partition coefficient (Wildman–Crippen LogP) is -1.07. The van der Waals surface area contributed by atoms with Crippen LogP contribution in [0.2, 0.25) is 0 Å². The topological polar surface area (TPSA) is 67.5 Å². The molecule has 0 aliphatic carbocycles. The van der Waals surface area contributed by atoms with Gasteiger partial charge in [-0.15, -0.1) is 0 Å². The lowest BCUT2D eigenvalue weighted by molar-refractivity contribution is 0.129. The summed E-state index contributed by atoms with van der Waals surface area (Å²) in [5, 5.41) is 11.9. The van der Waals surface area contributed by atoms with Crippen molar-refractivity contribution >= 4 is 0 Å². The lowest BCUT2D eigenvalue weighted by Crippen LogP contribution is -2.37. The Morgan fingerprint density at radius 2 is 2.36 bits per heavy atom. The molecule has 0 saturated carbocycles. The average Bonchev–Trinajstić information content (AvgIpc) is 2.03. The number of rotatable bonds is 7. The van der Waals surface area contributed by atoms with Gasteiger partial charge in [0.25, 0.3) is 0 Å². The number of aliphatic hydroxyl groups excluding tert-OH is 1. The molecule has 0 spiro atoms. The quantitative estimate of drug-likeness (QED) is 0.417. The van der Waals surface area contributed by atoms with E-state index in [9.17, 15) is 0 Å². The first-order chi connectivity index (χ1) is 5.35. The molecule has 68 valence electrons. The Labute approximate surface area is 67.7 Å². The first-order valence-corrected chi connectivity index (χ1v) is 3.88. The highest BCUT2D eigenvalue weighted by Crippen LogP contribution is 1.83. The van der Waals surface area contributed by atoms with Crippen molar-refractivity contribution in [2.24, 2.45) is 5.73 Å². The van der Waals surface area contributed by atoms with E-state index < -0.39 is 0 Å². The zero-order valence-electron chi connectivity index (χ0n) is 7.05. The molecule has 0 fully saturated rings. The molecule has 0 aliphatic rings. The smallest absolute Gasteiger partial charge is 0.0638 e. The number of hydrogen-bond donors (Lipinski definition) is 3. The number of aliphatic hydroxyl groups is 1. The van der Waals surface area contributed by atoms with E-state index in [0.717, 1.165) is 13.0 Å². The maximum absolute atomic E-state index is 8.78. The van der Waals surface area contributed by atoms with Gasteiger partial charge in [0.1, 0.15) is 0 Å². The highest BCUT2D eigenvalue weighted by Gasteiger charge is 2.03. The molecule has 4 heteroatoms. The number of nitrogens with two attached hydrogens (primary N) is 1. The van der Waals surface area contributed by atoms with Crippen LogP contribution in [0.3, 0.4) is 0 Å². The van der Waals surface area contributed by atoms with E-state index in [2.05, 4.69) is 5.32 Å². The molecular formula is C7H18N2O2. The Balaban J connectivity index is 3.20. The summed E-state index contributed by atoms with van der Waals surface area (Å²) >= 11 is 0. The SMILES string of the molecule is COCC(CO)NCCCN. The van der Waals surface area contributed by atoms with Gasteiger partial charge in [-0.2, -0.15) is 0 Å². The van der Waals surface area contributed by atoms with Crippen molar-refractivity contribution in [2.75, 3.05) is 33.4 Å². The van der Waals surface area contributed by atoms with Gasteiger partial charge in [-0.1, -0.05) is 0 Å². The van der Waals surface area contributed by atoms with Gasteiger partial charge in [-0.05, 0) is 19.5 Å². The maximum atomic E-state index is 8.78. The van der Waals surface area contributed by atoms with Gasteiger partial charge in [0.05, 0.1) is 19.3 Å². The van der Waals surface area contributed by atoms with Gasteiger partial charge in [0, 0.05) is 7.11 Å². The van der Waals surface area contributed by atoms with Crippen LogP contribution < -0.4 is 11.1 Å². The molecule has 0 aromatic rings. The van der Waals surface area contributed by atoms with Crippen molar-refractivity contribution in [3.8, 4) is 0 Å². The summed E-state index contributed by atoms with van der Waals surface area (Å²) in [5.41, 5.74) is 5.30. The lowest BCUT2D eigenvalue weighted by atomic mass is 10.3. The third-order valence-corrected chi connectivity index (χ3v) is 1.40. The number of methoxy groups -OCH3 is 1. The van der Waals surface area contributed by atoms with Gasteiger partial charge in [-0.3, -0.25) is 0 Å². The van der Waals surface area contributed by atoms with Crippen LogP contribution in [0.1, 0.15) is 6.42 Å². The first kappa shape index (κ1) is 10.8. The number of ether oxygens (including phenoxy) is 1. The zero-order valence-corrected chi connectivity index (χ0v) is 7.05. The van der Waals surface area contributed by atoms with Crippen LogP contribution in [0.15, 0.2) is 0 Å². The Morgan fingerprint density at radius 1 is 1.64 bits per heavy atom. The Hall–Kier alpha value is -0.160. The molecule has 0 heterocycles. The van der Waals surface area contributed by atoms with E-state index in [-0.39, 0.29) is 12.6 Å². The van der Waals surface area contributed by atoms with E-state index in [1.165, 1.54) is 0 Å². The normalized spacial score (nSPS) is 13.4. The molecule has 4 nitrogen and oxygen atoms in total. The van der Waals surface area contributed by atoms with Crippen molar-refractivity contribution in [1.82, 2.24) is 5.32 Å². The second-order valence-corrected chi connectivity index (χ2v) is 2.43. The summed E-state index contributed by atoms with van der Waals surface area (Å²) < 4.78 is 4.87. The van der Waals surface area contributed by atoms with E-state index in [4.69, 9.17) is 15.6 Å². The average molecular weight is 162 g/mol. The molecule has 0 aromatic carbocycles. The summed E-state index contributed by atoms with van der Waals surface area (Å²) in [4.78, 5) is 0. The maximum Gasteiger partial charge on any atom is 0.0638 e. The summed E-state index contributed by atoms with van der Waals surface area (Å²) in [7, 11) is 1.62. The number of nitrogens with one attached hydrogen (secondary N) is 1. The molecule has 1 unspecified atom stereocenters. The molecule has 0 radical (unpaired) electrons. The minimum absolute atomic E-state index is 0.0477. The Bertz CT molecular complexity index is 80.8. The minimum Gasteiger partial charge on any atom is -0.395 e. The first-order valence-electron chi connectivity index (χ1n) is 3.88. The van der Waals surface area contributed by atoms with E-state index >= 15 is 0 Å². The zero-order chi connectivity index (χ0) is 8.53. The van der Waals surface area contributed by atoms with Gasteiger partial charge >= 0.3 is 0 Å². The molecule has 0 rings (SSSR count). The molecule has 0 saturated heterocycles. The Kier molecular flexibility index (Phi) is 7.83. The highest BCUT2D eigenvalue weighted by atomic mass is 16.5.